The molecule has 0 saturated carbocycles. The molecule has 20 heavy (non-hydrogen) atoms. The van der Waals surface area contributed by atoms with E-state index in [1.807, 2.05) is 7.05 Å². The number of hydrogen-bond acceptors (Lipinski definition) is 3. The summed E-state index contributed by atoms with van der Waals surface area (Å²) in [5, 5.41) is 3.95. The van der Waals surface area contributed by atoms with E-state index >= 15 is 0 Å². The van der Waals surface area contributed by atoms with E-state index < -0.39 is 0 Å². The number of ether oxygens (including phenoxy) is 1. The smallest absolute Gasteiger partial charge is 0.126 e. The zero-order chi connectivity index (χ0) is 14.5. The maximum Gasteiger partial charge on any atom is 0.126 e. The Balaban J connectivity index is 1.84. The Hall–Kier alpha value is -0.680. The number of morpholine rings is 1. The van der Waals surface area contributed by atoms with Gasteiger partial charge in [0.2, 0.25) is 0 Å². The van der Waals surface area contributed by atoms with Crippen LogP contribution in [0.25, 0.3) is 0 Å². The SMILES string of the molecule is Cc1cc(Cl)c(CN(C)CCC2CNCCO2)cc1F. The summed E-state index contributed by atoms with van der Waals surface area (Å²) >= 11 is 6.17. The lowest BCUT2D eigenvalue weighted by Gasteiger charge is -2.26. The standard InChI is InChI=1S/C15H22ClFN2O/c1-11-7-14(16)12(8-15(11)17)10-19(2)5-3-13-9-18-4-6-20-13/h7-8,13,18H,3-6,9-10H2,1-2H3. The van der Waals surface area contributed by atoms with Crippen LogP contribution in [-0.4, -0.2) is 44.3 Å². The van der Waals surface area contributed by atoms with Crippen molar-refractivity contribution in [2.75, 3.05) is 33.3 Å². The van der Waals surface area contributed by atoms with Crippen molar-refractivity contribution in [3.05, 3.63) is 34.1 Å². The number of aryl methyl sites for hydroxylation is 1. The maximum atomic E-state index is 13.6. The Morgan fingerprint density at radius 2 is 2.30 bits per heavy atom. The van der Waals surface area contributed by atoms with Gasteiger partial charge in [-0.25, -0.2) is 4.39 Å². The third-order valence-corrected chi connectivity index (χ3v) is 3.96. The normalized spacial score (nSPS) is 19.6. The van der Waals surface area contributed by atoms with E-state index in [4.69, 9.17) is 16.3 Å². The molecule has 1 atom stereocenters. The van der Waals surface area contributed by atoms with Crippen molar-refractivity contribution in [2.24, 2.45) is 0 Å². The van der Waals surface area contributed by atoms with Gasteiger partial charge in [-0.3, -0.25) is 0 Å². The van der Waals surface area contributed by atoms with Crippen molar-refractivity contribution in [3.63, 3.8) is 0 Å². The third kappa shape index (κ3) is 4.42. The van der Waals surface area contributed by atoms with Crippen LogP contribution in [0.1, 0.15) is 17.5 Å². The molecule has 0 aromatic heterocycles. The van der Waals surface area contributed by atoms with Crippen molar-refractivity contribution < 1.29 is 9.13 Å². The van der Waals surface area contributed by atoms with Crippen molar-refractivity contribution in [1.29, 1.82) is 0 Å². The Morgan fingerprint density at radius 3 is 3.00 bits per heavy atom. The van der Waals surface area contributed by atoms with E-state index in [0.717, 1.165) is 38.2 Å². The van der Waals surface area contributed by atoms with Gasteiger partial charge >= 0.3 is 0 Å². The second-order valence-corrected chi connectivity index (χ2v) is 5.82. The first-order valence-corrected chi connectivity index (χ1v) is 7.39. The van der Waals surface area contributed by atoms with E-state index in [9.17, 15) is 4.39 Å². The van der Waals surface area contributed by atoms with Gasteiger partial charge in [-0.2, -0.15) is 0 Å². The molecule has 0 bridgehead atoms. The average molecular weight is 301 g/mol. The number of halogens is 2. The maximum absolute atomic E-state index is 13.6. The fraction of sp³-hybridized carbons (Fsp3) is 0.600. The van der Waals surface area contributed by atoms with Gasteiger partial charge in [-0.05, 0) is 43.7 Å². The Labute approximate surface area is 125 Å². The quantitative estimate of drug-likeness (QED) is 0.904. The lowest BCUT2D eigenvalue weighted by molar-refractivity contribution is 0.0184. The number of rotatable bonds is 5. The van der Waals surface area contributed by atoms with Crippen LogP contribution in [0.3, 0.4) is 0 Å². The summed E-state index contributed by atoms with van der Waals surface area (Å²) in [5.41, 5.74) is 1.42. The van der Waals surface area contributed by atoms with Crippen LogP contribution < -0.4 is 5.32 Å². The van der Waals surface area contributed by atoms with E-state index in [-0.39, 0.29) is 11.9 Å². The highest BCUT2D eigenvalue weighted by molar-refractivity contribution is 6.31. The van der Waals surface area contributed by atoms with Crippen molar-refractivity contribution >= 4 is 11.6 Å². The fourth-order valence-corrected chi connectivity index (χ4v) is 2.63. The minimum Gasteiger partial charge on any atom is -0.376 e. The van der Waals surface area contributed by atoms with Gasteiger partial charge in [-0.15, -0.1) is 0 Å². The molecule has 1 aromatic carbocycles. The topological polar surface area (TPSA) is 24.5 Å². The third-order valence-electron chi connectivity index (χ3n) is 3.61. The number of nitrogens with one attached hydrogen (secondary N) is 1. The van der Waals surface area contributed by atoms with Crippen molar-refractivity contribution in [1.82, 2.24) is 10.2 Å². The zero-order valence-electron chi connectivity index (χ0n) is 12.1. The summed E-state index contributed by atoms with van der Waals surface area (Å²) < 4.78 is 19.2. The molecule has 0 aliphatic carbocycles. The highest BCUT2D eigenvalue weighted by atomic mass is 35.5. The van der Waals surface area contributed by atoms with Gasteiger partial charge in [-0.1, -0.05) is 11.6 Å². The molecular weight excluding hydrogens is 279 g/mol. The summed E-state index contributed by atoms with van der Waals surface area (Å²) in [6, 6.07) is 3.22. The van der Waals surface area contributed by atoms with Gasteiger partial charge in [0.05, 0.1) is 12.7 Å². The van der Waals surface area contributed by atoms with E-state index in [1.165, 1.54) is 6.07 Å². The summed E-state index contributed by atoms with van der Waals surface area (Å²) in [6.45, 7) is 5.90. The van der Waals surface area contributed by atoms with Crippen LogP contribution in [0.15, 0.2) is 12.1 Å². The number of benzene rings is 1. The molecule has 3 nitrogen and oxygen atoms in total. The van der Waals surface area contributed by atoms with Crippen LogP contribution in [-0.2, 0) is 11.3 Å². The Bertz CT molecular complexity index is 450. The molecule has 0 radical (unpaired) electrons. The van der Waals surface area contributed by atoms with Crippen LogP contribution in [0.5, 0.6) is 0 Å². The van der Waals surface area contributed by atoms with Gasteiger partial charge in [0, 0.05) is 31.2 Å². The lowest BCUT2D eigenvalue weighted by atomic mass is 10.1. The number of nitrogens with zero attached hydrogens (tertiary/aromatic N) is 1. The molecule has 1 unspecified atom stereocenters. The molecule has 1 aliphatic rings. The summed E-state index contributed by atoms with van der Waals surface area (Å²) in [6.07, 6.45) is 1.24. The number of hydrogen-bond donors (Lipinski definition) is 1. The minimum absolute atomic E-state index is 0.197. The Morgan fingerprint density at radius 1 is 1.50 bits per heavy atom. The van der Waals surface area contributed by atoms with Crippen LogP contribution in [0.4, 0.5) is 4.39 Å². The first kappa shape index (κ1) is 15.7. The van der Waals surface area contributed by atoms with Gasteiger partial charge in [0.1, 0.15) is 5.82 Å². The minimum atomic E-state index is -0.197. The van der Waals surface area contributed by atoms with E-state index in [1.54, 1.807) is 13.0 Å². The molecule has 1 aliphatic heterocycles. The second kappa shape index (κ2) is 7.36. The molecule has 1 aromatic rings. The summed E-state index contributed by atoms with van der Waals surface area (Å²) in [7, 11) is 2.02. The van der Waals surface area contributed by atoms with Crippen LogP contribution in [0, 0.1) is 12.7 Å². The molecule has 0 amide bonds. The lowest BCUT2D eigenvalue weighted by Crippen LogP contribution is -2.40. The highest BCUT2D eigenvalue weighted by Crippen LogP contribution is 2.21. The molecule has 1 N–H and O–H groups in total. The molecule has 112 valence electrons. The predicted molar refractivity (Wildman–Crippen MR) is 79.7 cm³/mol. The monoisotopic (exact) mass is 300 g/mol. The fourth-order valence-electron chi connectivity index (χ4n) is 2.35. The van der Waals surface area contributed by atoms with Gasteiger partial charge in [0.15, 0.2) is 0 Å². The van der Waals surface area contributed by atoms with E-state index in [0.29, 0.717) is 17.1 Å². The Kier molecular flexibility index (Phi) is 5.78. The molecule has 5 heteroatoms. The van der Waals surface area contributed by atoms with Crippen molar-refractivity contribution in [2.45, 2.75) is 26.0 Å². The summed E-state index contributed by atoms with van der Waals surface area (Å²) in [4.78, 5) is 2.15. The van der Waals surface area contributed by atoms with Crippen LogP contribution >= 0.6 is 11.6 Å². The largest absolute Gasteiger partial charge is 0.376 e. The van der Waals surface area contributed by atoms with Crippen LogP contribution in [0.2, 0.25) is 5.02 Å². The van der Waals surface area contributed by atoms with E-state index in [2.05, 4.69) is 10.2 Å². The molecule has 1 heterocycles. The second-order valence-electron chi connectivity index (χ2n) is 5.42. The van der Waals surface area contributed by atoms with Crippen molar-refractivity contribution in [3.8, 4) is 0 Å². The zero-order valence-corrected chi connectivity index (χ0v) is 12.8. The molecule has 0 spiro atoms. The van der Waals surface area contributed by atoms with Gasteiger partial charge in [0.25, 0.3) is 0 Å². The average Bonchev–Trinajstić information content (AvgIpc) is 2.44. The molecule has 1 fully saturated rings. The summed E-state index contributed by atoms with van der Waals surface area (Å²) in [5.74, 6) is -0.197. The highest BCUT2D eigenvalue weighted by Gasteiger charge is 2.14. The first-order valence-electron chi connectivity index (χ1n) is 7.01. The first-order chi connectivity index (χ1) is 9.56. The molecule has 2 rings (SSSR count). The predicted octanol–water partition coefficient (Wildman–Crippen LogP) is 2.60. The molecule has 1 saturated heterocycles. The van der Waals surface area contributed by atoms with Gasteiger partial charge < -0.3 is 15.0 Å². The molecular formula is C15H22ClFN2O.